The molecule has 0 rings (SSSR count). The number of rotatable bonds is 11. The largest absolute Gasteiger partial charge is 0.370 e. The van der Waals surface area contributed by atoms with Crippen LogP contribution in [-0.2, 0) is 24.0 Å². The summed E-state index contributed by atoms with van der Waals surface area (Å²) in [5.41, 5.74) is 9.67. The fourth-order valence-electron chi connectivity index (χ4n) is 1.73. The molecule has 0 aromatic heterocycles. The highest BCUT2D eigenvalue weighted by atomic mass is 16.2. The topological polar surface area (TPSA) is 173 Å². The fraction of sp³-hybridized carbons (Fsp3) is 0.688. The number of hydrogen-bond acceptors (Lipinski definition) is 6. The smallest absolute Gasteiger partial charge is 0.239 e. The van der Waals surface area contributed by atoms with E-state index in [0.29, 0.717) is 19.1 Å². The average molecular weight is 373 g/mol. The van der Waals surface area contributed by atoms with Gasteiger partial charge < -0.3 is 32.2 Å². The van der Waals surface area contributed by atoms with Gasteiger partial charge in [-0.2, -0.15) is 0 Å². The molecule has 10 nitrogen and oxygen atoms in total. The van der Waals surface area contributed by atoms with E-state index in [1.54, 1.807) is 6.92 Å². The molecule has 4 amide bonds. The molecule has 7 N–H and O–H groups in total. The average Bonchev–Trinajstić information content (AvgIpc) is 2.56. The molecular formula is C16H31N5O5. The van der Waals surface area contributed by atoms with Crippen molar-refractivity contribution >= 4 is 29.9 Å². The van der Waals surface area contributed by atoms with Crippen LogP contribution in [0, 0.1) is 5.92 Å². The molecule has 0 aliphatic heterocycles. The maximum absolute atomic E-state index is 11.7. The van der Waals surface area contributed by atoms with E-state index in [4.69, 9.17) is 5.73 Å². The van der Waals surface area contributed by atoms with E-state index in [-0.39, 0.29) is 24.8 Å². The van der Waals surface area contributed by atoms with Crippen LogP contribution in [0.3, 0.4) is 0 Å². The number of hydrogen-bond donors (Lipinski definition) is 5. The summed E-state index contributed by atoms with van der Waals surface area (Å²) in [5, 5.41) is 7.54. The van der Waals surface area contributed by atoms with Gasteiger partial charge in [-0.15, -0.1) is 0 Å². The van der Waals surface area contributed by atoms with E-state index in [9.17, 15) is 24.0 Å². The van der Waals surface area contributed by atoms with Crippen molar-refractivity contribution in [3.8, 4) is 0 Å². The molecule has 0 aliphatic carbocycles. The quantitative estimate of drug-likeness (QED) is 0.266. The van der Waals surface area contributed by atoms with E-state index in [0.717, 1.165) is 0 Å². The van der Waals surface area contributed by atoms with Crippen LogP contribution < -0.4 is 27.4 Å². The molecule has 0 aliphatic rings. The van der Waals surface area contributed by atoms with Crippen molar-refractivity contribution in [3.05, 3.63) is 0 Å². The molecular weight excluding hydrogens is 342 g/mol. The Balaban J connectivity index is 0. The van der Waals surface area contributed by atoms with Crippen molar-refractivity contribution < 1.29 is 24.0 Å². The van der Waals surface area contributed by atoms with E-state index < -0.39 is 29.8 Å². The highest BCUT2D eigenvalue weighted by Crippen LogP contribution is 2.02. The molecule has 0 aromatic rings. The van der Waals surface area contributed by atoms with Gasteiger partial charge in [0.25, 0.3) is 0 Å². The summed E-state index contributed by atoms with van der Waals surface area (Å²) in [6, 6.07) is -1.35. The second kappa shape index (κ2) is 14.8. The highest BCUT2D eigenvalue weighted by Gasteiger charge is 2.20. The van der Waals surface area contributed by atoms with Gasteiger partial charge in [0.2, 0.25) is 23.6 Å². The predicted octanol–water partition coefficient (Wildman–Crippen LogP) is -1.82. The van der Waals surface area contributed by atoms with E-state index in [1.165, 1.54) is 7.05 Å². The van der Waals surface area contributed by atoms with Crippen molar-refractivity contribution in [1.29, 1.82) is 0 Å². The number of nitrogens with two attached hydrogens (primary N) is 2. The van der Waals surface area contributed by atoms with E-state index in [2.05, 4.69) is 21.7 Å². The minimum absolute atomic E-state index is 0.158. The number of carbonyl (C=O) groups excluding carboxylic acids is 5. The van der Waals surface area contributed by atoms with Gasteiger partial charge in [0.15, 0.2) is 0 Å². The normalized spacial score (nSPS) is 12.2. The molecule has 10 heteroatoms. The number of amides is 4. The Morgan fingerprint density at radius 2 is 1.62 bits per heavy atom. The molecule has 0 bridgehead atoms. The zero-order valence-corrected chi connectivity index (χ0v) is 15.8. The first-order valence-corrected chi connectivity index (χ1v) is 8.33. The third-order valence-electron chi connectivity index (χ3n) is 3.08. The fourth-order valence-corrected chi connectivity index (χ4v) is 1.73. The lowest BCUT2D eigenvalue weighted by Crippen LogP contribution is -2.49. The SMILES string of the molecule is CCC(N)=O.CNC(CC(N)=O)C(=O)NCC(=O)NC(C=O)CC(C)C. The number of likely N-dealkylation sites (N-methyl/N-ethyl adjacent to an activating group) is 1. The van der Waals surface area contributed by atoms with Crippen molar-refractivity contribution in [1.82, 2.24) is 16.0 Å². The molecule has 0 aromatic carbocycles. The molecule has 0 saturated carbocycles. The van der Waals surface area contributed by atoms with Gasteiger partial charge >= 0.3 is 0 Å². The van der Waals surface area contributed by atoms with Crippen LogP contribution in [0.5, 0.6) is 0 Å². The van der Waals surface area contributed by atoms with Gasteiger partial charge in [-0.05, 0) is 19.4 Å². The summed E-state index contributed by atoms with van der Waals surface area (Å²) in [4.78, 5) is 54.6. The molecule has 0 heterocycles. The molecule has 2 atom stereocenters. The Bertz CT molecular complexity index is 482. The van der Waals surface area contributed by atoms with Gasteiger partial charge in [0.05, 0.1) is 25.0 Å². The molecule has 0 saturated heterocycles. The van der Waals surface area contributed by atoms with Gasteiger partial charge in [-0.3, -0.25) is 19.2 Å². The Morgan fingerprint density at radius 3 is 1.96 bits per heavy atom. The number of carbonyl (C=O) groups is 5. The van der Waals surface area contributed by atoms with Gasteiger partial charge in [0, 0.05) is 6.42 Å². The highest BCUT2D eigenvalue weighted by molar-refractivity contribution is 5.91. The minimum atomic E-state index is -0.784. The third kappa shape index (κ3) is 15.1. The molecule has 0 spiro atoms. The van der Waals surface area contributed by atoms with Crippen molar-refractivity contribution in [2.75, 3.05) is 13.6 Å². The number of aldehydes is 1. The molecule has 150 valence electrons. The van der Waals surface area contributed by atoms with Crippen molar-refractivity contribution in [2.45, 2.75) is 52.1 Å². The van der Waals surface area contributed by atoms with Crippen LogP contribution in [0.1, 0.15) is 40.0 Å². The summed E-state index contributed by atoms with van der Waals surface area (Å²) in [7, 11) is 1.51. The van der Waals surface area contributed by atoms with Crippen LogP contribution in [0.4, 0.5) is 0 Å². The van der Waals surface area contributed by atoms with Gasteiger partial charge in [0.1, 0.15) is 6.29 Å². The summed E-state index contributed by atoms with van der Waals surface area (Å²) >= 11 is 0. The standard InChI is InChI=1S/C13H24N4O4.C3H7NO/c1-8(2)4-9(7-18)17-12(20)6-16-13(21)10(15-3)5-11(14)19;1-2-3(4)5/h7-10,15H,4-6H2,1-3H3,(H2,14,19)(H,16,21)(H,17,20);2H2,1H3,(H2,4,5). The second-order valence-corrected chi connectivity index (χ2v) is 5.99. The summed E-state index contributed by atoms with van der Waals surface area (Å²) in [6.45, 7) is 5.33. The lowest BCUT2D eigenvalue weighted by molar-refractivity contribution is -0.129. The molecule has 0 fully saturated rings. The first-order valence-electron chi connectivity index (χ1n) is 8.33. The van der Waals surface area contributed by atoms with Gasteiger partial charge in [-0.1, -0.05) is 20.8 Å². The second-order valence-electron chi connectivity index (χ2n) is 5.99. The number of primary amides is 2. The van der Waals surface area contributed by atoms with Crippen LogP contribution in [-0.4, -0.2) is 55.6 Å². The van der Waals surface area contributed by atoms with Crippen LogP contribution >= 0.6 is 0 Å². The number of nitrogens with one attached hydrogen (secondary N) is 3. The Hall–Kier alpha value is -2.49. The first-order chi connectivity index (χ1) is 12.1. The lowest BCUT2D eigenvalue weighted by atomic mass is 10.1. The van der Waals surface area contributed by atoms with Crippen LogP contribution in [0.25, 0.3) is 0 Å². The molecule has 26 heavy (non-hydrogen) atoms. The minimum Gasteiger partial charge on any atom is -0.370 e. The summed E-state index contributed by atoms with van der Waals surface area (Å²) in [5.74, 6) is -1.57. The Kier molecular flexibility index (Phi) is 14.7. The maximum Gasteiger partial charge on any atom is 0.239 e. The monoisotopic (exact) mass is 373 g/mol. The third-order valence-corrected chi connectivity index (χ3v) is 3.08. The zero-order valence-electron chi connectivity index (χ0n) is 15.8. The molecule has 0 radical (unpaired) electrons. The lowest BCUT2D eigenvalue weighted by Gasteiger charge is -2.17. The Morgan fingerprint density at radius 1 is 1.08 bits per heavy atom. The van der Waals surface area contributed by atoms with Gasteiger partial charge in [-0.25, -0.2) is 0 Å². The maximum atomic E-state index is 11.7. The first kappa shape index (κ1) is 25.7. The van der Waals surface area contributed by atoms with E-state index in [1.807, 2.05) is 13.8 Å². The summed E-state index contributed by atoms with van der Waals surface area (Å²) < 4.78 is 0. The van der Waals surface area contributed by atoms with E-state index >= 15 is 0 Å². The Labute approximate surface area is 153 Å². The van der Waals surface area contributed by atoms with Crippen molar-refractivity contribution in [2.24, 2.45) is 17.4 Å². The predicted molar refractivity (Wildman–Crippen MR) is 96.6 cm³/mol. The summed E-state index contributed by atoms with van der Waals surface area (Å²) in [6.07, 6.45) is 1.49. The van der Waals surface area contributed by atoms with Crippen LogP contribution in [0.2, 0.25) is 0 Å². The van der Waals surface area contributed by atoms with Crippen molar-refractivity contribution in [3.63, 3.8) is 0 Å². The molecule has 2 unspecified atom stereocenters. The van der Waals surface area contributed by atoms with Crippen LogP contribution in [0.15, 0.2) is 0 Å². The zero-order chi connectivity index (χ0) is 20.7.